The molecule has 0 saturated carbocycles. The van der Waals surface area contributed by atoms with Crippen molar-refractivity contribution in [1.82, 2.24) is 10.2 Å². The highest BCUT2D eigenvalue weighted by atomic mass is 32.2. The highest BCUT2D eigenvalue weighted by Gasteiger charge is 2.13. The summed E-state index contributed by atoms with van der Waals surface area (Å²) in [5, 5.41) is 5.69. The third-order valence-corrected chi connectivity index (χ3v) is 4.97. The fourth-order valence-corrected chi connectivity index (χ4v) is 2.76. The molecular weight excluding hydrogens is 310 g/mol. The number of nitrogens with one attached hydrogen (secondary N) is 2. The van der Waals surface area contributed by atoms with Crippen molar-refractivity contribution >= 4 is 29.3 Å². The first-order valence-corrected chi connectivity index (χ1v) is 9.33. The summed E-state index contributed by atoms with van der Waals surface area (Å²) in [4.78, 5) is 26.3. The molecule has 2 N–H and O–H groups in total. The van der Waals surface area contributed by atoms with E-state index in [2.05, 4.69) is 15.5 Å². The van der Waals surface area contributed by atoms with E-state index >= 15 is 0 Å². The Morgan fingerprint density at radius 1 is 1.22 bits per heavy atom. The standard InChI is InChI=1S/C17H25N3O2S/c1-13(23-2)16(21)19-15-7-5-14(6-8-15)17(22)18-9-12-20-10-3-4-11-20/h5-8,13H,3-4,9-12H2,1-2H3,(H,18,22)(H,19,21)/t13-/m1/s1. The number of carbonyl (C=O) groups excluding carboxylic acids is 2. The van der Waals surface area contributed by atoms with Gasteiger partial charge in [-0.1, -0.05) is 0 Å². The fraction of sp³-hybridized carbons (Fsp3) is 0.529. The predicted molar refractivity (Wildman–Crippen MR) is 96.1 cm³/mol. The number of benzene rings is 1. The maximum absolute atomic E-state index is 12.1. The molecule has 1 aromatic carbocycles. The molecular formula is C17H25N3O2S. The lowest BCUT2D eigenvalue weighted by Crippen LogP contribution is -2.33. The minimum atomic E-state index is -0.0939. The van der Waals surface area contributed by atoms with E-state index < -0.39 is 0 Å². The Hall–Kier alpha value is -1.53. The van der Waals surface area contributed by atoms with Gasteiger partial charge >= 0.3 is 0 Å². The molecule has 1 heterocycles. The van der Waals surface area contributed by atoms with E-state index in [0.29, 0.717) is 17.8 Å². The van der Waals surface area contributed by atoms with E-state index in [1.54, 1.807) is 24.3 Å². The number of rotatable bonds is 7. The number of likely N-dealkylation sites (tertiary alicyclic amines) is 1. The average Bonchev–Trinajstić information content (AvgIpc) is 3.08. The molecule has 1 fully saturated rings. The second-order valence-corrected chi connectivity index (χ2v) is 6.93. The van der Waals surface area contributed by atoms with Gasteiger partial charge in [0.1, 0.15) is 0 Å². The van der Waals surface area contributed by atoms with Crippen LogP contribution in [0.25, 0.3) is 0 Å². The minimum absolute atomic E-state index is 0.0275. The Morgan fingerprint density at radius 3 is 2.48 bits per heavy atom. The van der Waals surface area contributed by atoms with Crippen molar-refractivity contribution in [3.8, 4) is 0 Å². The van der Waals surface area contributed by atoms with Crippen LogP contribution < -0.4 is 10.6 Å². The van der Waals surface area contributed by atoms with E-state index in [0.717, 1.165) is 19.6 Å². The summed E-state index contributed by atoms with van der Waals surface area (Å²) in [6, 6.07) is 7.01. The highest BCUT2D eigenvalue weighted by Crippen LogP contribution is 2.13. The first-order chi connectivity index (χ1) is 11.1. The molecule has 6 heteroatoms. The van der Waals surface area contributed by atoms with E-state index in [9.17, 15) is 9.59 Å². The van der Waals surface area contributed by atoms with Crippen LogP contribution in [0.1, 0.15) is 30.1 Å². The summed E-state index contributed by atoms with van der Waals surface area (Å²) in [6.07, 6.45) is 4.42. The zero-order valence-corrected chi connectivity index (χ0v) is 14.6. The van der Waals surface area contributed by atoms with E-state index in [-0.39, 0.29) is 17.1 Å². The van der Waals surface area contributed by atoms with Gasteiger partial charge in [-0.3, -0.25) is 9.59 Å². The maximum atomic E-state index is 12.1. The largest absolute Gasteiger partial charge is 0.351 e. The van der Waals surface area contributed by atoms with E-state index in [4.69, 9.17) is 0 Å². The average molecular weight is 335 g/mol. The first kappa shape index (κ1) is 17.8. The molecule has 126 valence electrons. The molecule has 5 nitrogen and oxygen atoms in total. The van der Waals surface area contributed by atoms with Crippen molar-refractivity contribution in [2.45, 2.75) is 25.0 Å². The van der Waals surface area contributed by atoms with Crippen LogP contribution in [0.5, 0.6) is 0 Å². The topological polar surface area (TPSA) is 61.4 Å². The van der Waals surface area contributed by atoms with Gasteiger partial charge in [0.25, 0.3) is 5.91 Å². The summed E-state index contributed by atoms with van der Waals surface area (Å²) in [5.41, 5.74) is 1.33. The van der Waals surface area contributed by atoms with Gasteiger partial charge in [0, 0.05) is 24.3 Å². The van der Waals surface area contributed by atoms with Gasteiger partial charge in [-0.25, -0.2) is 0 Å². The Morgan fingerprint density at radius 2 is 1.87 bits per heavy atom. The molecule has 1 aliphatic heterocycles. The van der Waals surface area contributed by atoms with Crippen LogP contribution in [0, 0.1) is 0 Å². The van der Waals surface area contributed by atoms with Crippen molar-refractivity contribution < 1.29 is 9.59 Å². The SMILES string of the molecule is CS[C@H](C)C(=O)Nc1ccc(C(=O)NCCN2CCCC2)cc1. The molecule has 1 aromatic rings. The molecule has 2 rings (SSSR count). The molecule has 0 radical (unpaired) electrons. The Balaban J connectivity index is 1.78. The highest BCUT2D eigenvalue weighted by molar-refractivity contribution is 7.99. The van der Waals surface area contributed by atoms with Crippen LogP contribution >= 0.6 is 11.8 Å². The number of hydrogen-bond donors (Lipinski definition) is 2. The van der Waals surface area contributed by atoms with Gasteiger partial charge in [0.05, 0.1) is 5.25 Å². The van der Waals surface area contributed by atoms with Crippen LogP contribution in [0.3, 0.4) is 0 Å². The number of amides is 2. The number of nitrogens with zero attached hydrogens (tertiary/aromatic N) is 1. The molecule has 0 bridgehead atoms. The summed E-state index contributed by atoms with van der Waals surface area (Å²) in [5.74, 6) is -0.0973. The van der Waals surface area contributed by atoms with Crippen molar-refractivity contribution in [2.24, 2.45) is 0 Å². The Labute approximate surface area is 142 Å². The van der Waals surface area contributed by atoms with Crippen molar-refractivity contribution in [2.75, 3.05) is 37.8 Å². The number of anilines is 1. The van der Waals surface area contributed by atoms with Gasteiger partial charge in [-0.05, 0) is 63.4 Å². The smallest absolute Gasteiger partial charge is 0.251 e. The monoisotopic (exact) mass is 335 g/mol. The van der Waals surface area contributed by atoms with Gasteiger partial charge in [-0.2, -0.15) is 11.8 Å². The third-order valence-electron chi connectivity index (χ3n) is 4.05. The second kappa shape index (κ2) is 8.93. The molecule has 0 aromatic heterocycles. The second-order valence-electron chi connectivity index (χ2n) is 5.75. The molecule has 0 spiro atoms. The first-order valence-electron chi connectivity index (χ1n) is 8.04. The summed E-state index contributed by atoms with van der Waals surface area (Å²) in [6.45, 7) is 5.72. The number of carbonyl (C=O) groups is 2. The van der Waals surface area contributed by atoms with Crippen LogP contribution in [-0.4, -0.2) is 54.4 Å². The molecule has 1 saturated heterocycles. The lowest BCUT2D eigenvalue weighted by atomic mass is 10.2. The van der Waals surface area contributed by atoms with Crippen molar-refractivity contribution in [3.63, 3.8) is 0 Å². The molecule has 1 aliphatic rings. The van der Waals surface area contributed by atoms with Crippen LogP contribution in [0.4, 0.5) is 5.69 Å². The minimum Gasteiger partial charge on any atom is -0.351 e. The molecule has 2 amide bonds. The quantitative estimate of drug-likeness (QED) is 0.802. The normalized spacial score (nSPS) is 16.1. The van der Waals surface area contributed by atoms with Gasteiger partial charge in [-0.15, -0.1) is 0 Å². The molecule has 0 aliphatic carbocycles. The predicted octanol–water partition coefficient (Wildman–Crippen LogP) is 2.20. The zero-order chi connectivity index (χ0) is 16.7. The zero-order valence-electron chi connectivity index (χ0n) is 13.8. The van der Waals surface area contributed by atoms with Crippen LogP contribution in [0.2, 0.25) is 0 Å². The lowest BCUT2D eigenvalue weighted by molar-refractivity contribution is -0.115. The van der Waals surface area contributed by atoms with Gasteiger partial charge in [0.15, 0.2) is 0 Å². The Bertz CT molecular complexity index is 527. The number of hydrogen-bond acceptors (Lipinski definition) is 4. The Kier molecular flexibility index (Phi) is 6.92. The third kappa shape index (κ3) is 5.55. The summed E-state index contributed by atoms with van der Waals surface area (Å²) >= 11 is 1.50. The maximum Gasteiger partial charge on any atom is 0.251 e. The van der Waals surface area contributed by atoms with E-state index in [1.165, 1.54) is 24.6 Å². The lowest BCUT2D eigenvalue weighted by Gasteiger charge is -2.14. The fourth-order valence-electron chi connectivity index (χ4n) is 2.49. The van der Waals surface area contributed by atoms with Gasteiger partial charge < -0.3 is 15.5 Å². The van der Waals surface area contributed by atoms with Crippen molar-refractivity contribution in [1.29, 1.82) is 0 Å². The van der Waals surface area contributed by atoms with Crippen LogP contribution in [0.15, 0.2) is 24.3 Å². The van der Waals surface area contributed by atoms with Gasteiger partial charge in [0.2, 0.25) is 5.91 Å². The molecule has 23 heavy (non-hydrogen) atoms. The van der Waals surface area contributed by atoms with Crippen LogP contribution in [-0.2, 0) is 4.79 Å². The van der Waals surface area contributed by atoms with Crippen molar-refractivity contribution in [3.05, 3.63) is 29.8 Å². The summed E-state index contributed by atoms with van der Waals surface area (Å²) in [7, 11) is 0. The molecule has 1 atom stereocenters. The van der Waals surface area contributed by atoms with E-state index in [1.807, 2.05) is 13.2 Å². The number of thioether (sulfide) groups is 1. The molecule has 0 unspecified atom stereocenters. The summed E-state index contributed by atoms with van der Waals surface area (Å²) < 4.78 is 0.